The summed E-state index contributed by atoms with van der Waals surface area (Å²) >= 11 is 0. The number of hydrogen-bond acceptors (Lipinski definition) is 5. The van der Waals surface area contributed by atoms with Crippen LogP contribution in [0.3, 0.4) is 0 Å². The molecule has 88 valence electrons. The molecule has 1 unspecified atom stereocenters. The van der Waals surface area contributed by atoms with Crippen molar-refractivity contribution in [3.05, 3.63) is 12.7 Å². The van der Waals surface area contributed by atoms with Crippen molar-refractivity contribution in [3.8, 4) is 0 Å². The number of ketones is 1. The van der Waals surface area contributed by atoms with Gasteiger partial charge in [0.25, 0.3) is 0 Å². The van der Waals surface area contributed by atoms with Gasteiger partial charge in [-0.3, -0.25) is 4.79 Å². The number of aliphatic hydroxyl groups excluding tert-OH is 1. The van der Waals surface area contributed by atoms with Crippen molar-refractivity contribution >= 4 is 14.6 Å². The Balaban J connectivity index is 4.21. The third kappa shape index (κ3) is 4.23. The van der Waals surface area contributed by atoms with Crippen molar-refractivity contribution in [2.45, 2.75) is 18.6 Å². The highest BCUT2D eigenvalue weighted by Gasteiger charge is 2.38. The number of carbonyl (C=O) groups is 1. The first kappa shape index (κ1) is 14.5. The SMILES string of the molecule is C=CC(=O)C(O)CC[Si](OC)(OC)OC. The largest absolute Gasteiger partial charge is 0.500 e. The van der Waals surface area contributed by atoms with Crippen LogP contribution in [-0.4, -0.2) is 47.1 Å². The van der Waals surface area contributed by atoms with Crippen LogP contribution in [0.15, 0.2) is 12.7 Å². The summed E-state index contributed by atoms with van der Waals surface area (Å²) in [6.45, 7) is 3.29. The van der Waals surface area contributed by atoms with Gasteiger partial charge in [0.05, 0.1) is 0 Å². The summed E-state index contributed by atoms with van der Waals surface area (Å²) in [4.78, 5) is 11.0. The molecule has 0 aromatic carbocycles. The lowest BCUT2D eigenvalue weighted by atomic mass is 10.2. The summed E-state index contributed by atoms with van der Waals surface area (Å²) < 4.78 is 15.4. The van der Waals surface area contributed by atoms with E-state index in [1.165, 1.54) is 21.3 Å². The molecule has 0 fully saturated rings. The molecule has 5 nitrogen and oxygen atoms in total. The molecule has 15 heavy (non-hydrogen) atoms. The van der Waals surface area contributed by atoms with E-state index in [9.17, 15) is 9.90 Å². The third-order valence-corrected chi connectivity index (χ3v) is 4.95. The molecule has 0 radical (unpaired) electrons. The maximum atomic E-state index is 11.0. The van der Waals surface area contributed by atoms with E-state index >= 15 is 0 Å². The van der Waals surface area contributed by atoms with Gasteiger partial charge in [-0.15, -0.1) is 0 Å². The van der Waals surface area contributed by atoms with Crippen molar-refractivity contribution in [1.29, 1.82) is 0 Å². The average Bonchev–Trinajstić information content (AvgIpc) is 2.30. The fourth-order valence-corrected chi connectivity index (χ4v) is 2.89. The Bertz CT molecular complexity index is 206. The number of carbonyl (C=O) groups excluding carboxylic acids is 1. The van der Waals surface area contributed by atoms with E-state index in [0.717, 1.165) is 6.08 Å². The molecule has 0 aromatic heterocycles. The van der Waals surface area contributed by atoms with Crippen molar-refractivity contribution in [2.24, 2.45) is 0 Å². The summed E-state index contributed by atoms with van der Waals surface area (Å²) in [5, 5.41) is 9.40. The second-order valence-corrected chi connectivity index (χ2v) is 6.05. The summed E-state index contributed by atoms with van der Waals surface area (Å²) in [5.74, 6) is -0.402. The summed E-state index contributed by atoms with van der Waals surface area (Å²) in [6, 6.07) is 0.386. The first-order valence-electron chi connectivity index (χ1n) is 4.55. The van der Waals surface area contributed by atoms with Crippen LogP contribution in [0.4, 0.5) is 0 Å². The molecular weight excluding hydrogens is 216 g/mol. The van der Waals surface area contributed by atoms with Crippen LogP contribution in [0.2, 0.25) is 6.04 Å². The van der Waals surface area contributed by atoms with E-state index in [2.05, 4.69) is 6.58 Å². The summed E-state index contributed by atoms with van der Waals surface area (Å²) in [7, 11) is 1.78. The number of hydrogen-bond donors (Lipinski definition) is 1. The minimum absolute atomic E-state index is 0.243. The van der Waals surface area contributed by atoms with Crippen LogP contribution in [0.25, 0.3) is 0 Å². The van der Waals surface area contributed by atoms with Gasteiger partial charge in [0.2, 0.25) is 0 Å². The minimum Gasteiger partial charge on any atom is -0.385 e. The smallest absolute Gasteiger partial charge is 0.385 e. The fourth-order valence-electron chi connectivity index (χ4n) is 1.15. The predicted molar refractivity (Wildman–Crippen MR) is 57.4 cm³/mol. The van der Waals surface area contributed by atoms with E-state index in [0.29, 0.717) is 6.04 Å². The molecule has 0 heterocycles. The van der Waals surface area contributed by atoms with Crippen LogP contribution < -0.4 is 0 Å². The highest BCUT2D eigenvalue weighted by molar-refractivity contribution is 6.60. The molecule has 6 heteroatoms. The van der Waals surface area contributed by atoms with Crippen molar-refractivity contribution in [2.75, 3.05) is 21.3 Å². The lowest BCUT2D eigenvalue weighted by Crippen LogP contribution is -2.43. The van der Waals surface area contributed by atoms with Crippen LogP contribution in [-0.2, 0) is 18.1 Å². The molecule has 0 aromatic rings. The lowest BCUT2D eigenvalue weighted by molar-refractivity contribution is -0.122. The third-order valence-electron chi connectivity index (χ3n) is 2.19. The predicted octanol–water partition coefficient (Wildman–Crippen LogP) is 0.371. The normalized spacial score (nSPS) is 13.6. The molecule has 0 saturated carbocycles. The van der Waals surface area contributed by atoms with E-state index in [1.807, 2.05) is 0 Å². The van der Waals surface area contributed by atoms with Gasteiger partial charge in [0, 0.05) is 27.4 Å². The first-order valence-corrected chi connectivity index (χ1v) is 6.48. The van der Waals surface area contributed by atoms with Crippen molar-refractivity contribution < 1.29 is 23.2 Å². The molecule has 1 N–H and O–H groups in total. The number of aliphatic hydroxyl groups is 1. The van der Waals surface area contributed by atoms with Crippen LogP contribution in [0.5, 0.6) is 0 Å². The van der Waals surface area contributed by atoms with Gasteiger partial charge in [0.1, 0.15) is 6.10 Å². The monoisotopic (exact) mass is 234 g/mol. The van der Waals surface area contributed by atoms with E-state index < -0.39 is 20.7 Å². The summed E-state index contributed by atoms with van der Waals surface area (Å²) in [6.07, 6.45) is 0.280. The van der Waals surface area contributed by atoms with Crippen molar-refractivity contribution in [1.82, 2.24) is 0 Å². The van der Waals surface area contributed by atoms with Crippen molar-refractivity contribution in [3.63, 3.8) is 0 Å². The Kier molecular flexibility index (Phi) is 6.62. The van der Waals surface area contributed by atoms with Gasteiger partial charge < -0.3 is 18.4 Å². The van der Waals surface area contributed by atoms with Gasteiger partial charge in [0.15, 0.2) is 5.78 Å². The van der Waals surface area contributed by atoms with E-state index in [-0.39, 0.29) is 6.42 Å². The number of rotatable bonds is 8. The van der Waals surface area contributed by atoms with Gasteiger partial charge in [-0.25, -0.2) is 0 Å². The molecule has 0 spiro atoms. The second-order valence-electron chi connectivity index (χ2n) is 2.96. The molecule has 0 aliphatic carbocycles. The molecule has 0 aliphatic rings. The molecule has 1 atom stereocenters. The quantitative estimate of drug-likeness (QED) is 0.485. The van der Waals surface area contributed by atoms with Gasteiger partial charge in [-0.05, 0) is 12.5 Å². The maximum absolute atomic E-state index is 11.0. The van der Waals surface area contributed by atoms with Gasteiger partial charge in [-0.2, -0.15) is 0 Å². The molecule has 0 amide bonds. The lowest BCUT2D eigenvalue weighted by Gasteiger charge is -2.24. The van der Waals surface area contributed by atoms with Crippen LogP contribution in [0.1, 0.15) is 6.42 Å². The Morgan fingerprint density at radius 2 is 1.87 bits per heavy atom. The zero-order chi connectivity index (χ0) is 11.9. The Morgan fingerprint density at radius 1 is 1.40 bits per heavy atom. The zero-order valence-corrected chi connectivity index (χ0v) is 10.4. The average molecular weight is 234 g/mol. The Hall–Kier alpha value is -0.533. The highest BCUT2D eigenvalue weighted by Crippen LogP contribution is 2.16. The minimum atomic E-state index is -2.69. The van der Waals surface area contributed by atoms with Crippen LogP contribution >= 0.6 is 0 Å². The van der Waals surface area contributed by atoms with Gasteiger partial charge >= 0.3 is 8.80 Å². The molecule has 0 bridgehead atoms. The molecule has 0 saturated heterocycles. The molecular formula is C9H18O5Si. The molecule has 0 rings (SSSR count). The standard InChI is InChI=1S/C9H18O5Si/c1-5-8(10)9(11)6-7-15(12-2,13-3)14-4/h5,9,11H,1,6-7H2,2-4H3. The van der Waals surface area contributed by atoms with E-state index in [1.54, 1.807) is 0 Å². The second kappa shape index (κ2) is 6.86. The van der Waals surface area contributed by atoms with Crippen LogP contribution in [0, 0.1) is 0 Å². The molecule has 0 aliphatic heterocycles. The summed E-state index contributed by atoms with van der Waals surface area (Å²) in [5.41, 5.74) is 0. The van der Waals surface area contributed by atoms with E-state index in [4.69, 9.17) is 13.3 Å². The Morgan fingerprint density at radius 3 is 2.20 bits per heavy atom. The first-order chi connectivity index (χ1) is 7.05. The fraction of sp³-hybridized carbons (Fsp3) is 0.667. The topological polar surface area (TPSA) is 65.0 Å². The Labute approximate surface area is 91.0 Å². The van der Waals surface area contributed by atoms with Gasteiger partial charge in [-0.1, -0.05) is 6.58 Å². The zero-order valence-electron chi connectivity index (χ0n) is 9.36. The highest BCUT2D eigenvalue weighted by atomic mass is 28.4. The maximum Gasteiger partial charge on any atom is 0.500 e.